The molecular weight excluding hydrogens is 274 g/mol. The highest BCUT2D eigenvalue weighted by Gasteiger charge is 2.36. The second kappa shape index (κ2) is 6.59. The summed E-state index contributed by atoms with van der Waals surface area (Å²) in [7, 11) is 0. The third kappa shape index (κ3) is 3.53. The lowest BCUT2D eigenvalue weighted by Crippen LogP contribution is -2.32. The van der Waals surface area contributed by atoms with Crippen molar-refractivity contribution in [1.29, 1.82) is 0 Å². The number of halogens is 1. The van der Waals surface area contributed by atoms with Crippen LogP contribution in [-0.4, -0.2) is 23.5 Å². The maximum atomic E-state index is 12.4. The van der Waals surface area contributed by atoms with E-state index in [2.05, 4.69) is 20.8 Å². The molecule has 1 aromatic carbocycles. The number of hydrogen-bond donors (Lipinski definition) is 0. The number of carbonyl (C=O) groups is 1. The predicted molar refractivity (Wildman–Crippen MR) is 80.5 cm³/mol. The van der Waals surface area contributed by atoms with Crippen molar-refractivity contribution in [3.63, 3.8) is 0 Å². The summed E-state index contributed by atoms with van der Waals surface area (Å²) in [6.45, 7) is 6.86. The molecule has 1 saturated heterocycles. The van der Waals surface area contributed by atoms with Gasteiger partial charge in [-0.1, -0.05) is 44.5 Å². The Hall–Kier alpha value is -1.06. The van der Waals surface area contributed by atoms with Crippen LogP contribution >= 0.6 is 11.6 Å². The lowest BCUT2D eigenvalue weighted by molar-refractivity contribution is -0.137. The van der Waals surface area contributed by atoms with Crippen LogP contribution in [0, 0.1) is 5.92 Å². The molecular formula is C16H22ClNO2. The number of benzene rings is 1. The van der Waals surface area contributed by atoms with Gasteiger partial charge in [0.25, 0.3) is 0 Å². The zero-order valence-corrected chi connectivity index (χ0v) is 13.1. The predicted octanol–water partition coefficient (Wildman–Crippen LogP) is 4.02. The summed E-state index contributed by atoms with van der Waals surface area (Å²) in [5, 5.41) is 0.669. The van der Waals surface area contributed by atoms with E-state index in [0.29, 0.717) is 23.9 Å². The number of nitrogens with zero attached hydrogens (tertiary/aromatic N) is 1. The summed E-state index contributed by atoms with van der Waals surface area (Å²) in [6.07, 6.45) is 1.26. The number of hydrogen-bond acceptors (Lipinski definition) is 2. The van der Waals surface area contributed by atoms with Crippen LogP contribution in [-0.2, 0) is 9.53 Å². The highest BCUT2D eigenvalue weighted by Crippen LogP contribution is 2.33. The van der Waals surface area contributed by atoms with Gasteiger partial charge in [0.1, 0.15) is 0 Å². The lowest BCUT2D eigenvalue weighted by atomic mass is 10.1. The molecule has 110 valence electrons. The summed E-state index contributed by atoms with van der Waals surface area (Å²) in [5.41, 5.74) is 0.950. The van der Waals surface area contributed by atoms with Crippen molar-refractivity contribution in [2.75, 3.05) is 6.54 Å². The van der Waals surface area contributed by atoms with Gasteiger partial charge in [0, 0.05) is 23.6 Å². The standard InChI is InChI=1S/C16H22ClNO2/c1-4-14-10-18(15(19)8-11(2)3)16(20-14)12-6-5-7-13(17)9-12/h5-7,9,11,14,16H,4,8,10H2,1-3H3. The van der Waals surface area contributed by atoms with E-state index >= 15 is 0 Å². The van der Waals surface area contributed by atoms with Crippen LogP contribution in [0.15, 0.2) is 24.3 Å². The van der Waals surface area contributed by atoms with Crippen molar-refractivity contribution in [2.45, 2.75) is 45.9 Å². The normalized spacial score (nSPS) is 22.6. The molecule has 0 aromatic heterocycles. The fourth-order valence-corrected chi connectivity index (χ4v) is 2.66. The Morgan fingerprint density at radius 3 is 2.85 bits per heavy atom. The highest BCUT2D eigenvalue weighted by molar-refractivity contribution is 6.30. The quantitative estimate of drug-likeness (QED) is 0.839. The average Bonchev–Trinajstić information content (AvgIpc) is 2.82. The molecule has 2 atom stereocenters. The van der Waals surface area contributed by atoms with Gasteiger partial charge in [0.2, 0.25) is 5.91 Å². The summed E-state index contributed by atoms with van der Waals surface area (Å²) in [4.78, 5) is 14.2. The molecule has 1 fully saturated rings. The minimum Gasteiger partial charge on any atom is -0.349 e. The van der Waals surface area contributed by atoms with E-state index in [1.807, 2.05) is 29.2 Å². The Kier molecular flexibility index (Phi) is 5.06. The minimum absolute atomic E-state index is 0.107. The molecule has 20 heavy (non-hydrogen) atoms. The first-order chi connectivity index (χ1) is 9.51. The van der Waals surface area contributed by atoms with Gasteiger partial charge in [0.15, 0.2) is 6.23 Å². The van der Waals surface area contributed by atoms with Crippen LogP contribution in [0.3, 0.4) is 0 Å². The van der Waals surface area contributed by atoms with Gasteiger partial charge < -0.3 is 9.64 Å². The Morgan fingerprint density at radius 1 is 1.50 bits per heavy atom. The molecule has 1 aromatic rings. The third-order valence-electron chi connectivity index (χ3n) is 3.50. The van der Waals surface area contributed by atoms with Gasteiger partial charge >= 0.3 is 0 Å². The third-order valence-corrected chi connectivity index (χ3v) is 3.73. The number of ether oxygens (including phenoxy) is 1. The Morgan fingerprint density at radius 2 is 2.25 bits per heavy atom. The molecule has 1 aliphatic rings. The van der Waals surface area contributed by atoms with E-state index in [1.54, 1.807) is 0 Å². The molecule has 0 spiro atoms. The second-order valence-corrected chi connectivity index (χ2v) is 6.15. The molecule has 0 bridgehead atoms. The van der Waals surface area contributed by atoms with Crippen LogP contribution in [0.25, 0.3) is 0 Å². The van der Waals surface area contributed by atoms with Gasteiger partial charge in [-0.2, -0.15) is 0 Å². The second-order valence-electron chi connectivity index (χ2n) is 5.72. The Balaban J connectivity index is 2.21. The van der Waals surface area contributed by atoms with Crippen LogP contribution in [0.4, 0.5) is 0 Å². The summed E-state index contributed by atoms with van der Waals surface area (Å²) in [5.74, 6) is 0.504. The minimum atomic E-state index is -0.301. The molecule has 0 N–H and O–H groups in total. The Bertz CT molecular complexity index is 475. The van der Waals surface area contributed by atoms with Gasteiger partial charge in [-0.3, -0.25) is 4.79 Å². The van der Waals surface area contributed by atoms with Crippen molar-refractivity contribution in [2.24, 2.45) is 5.92 Å². The molecule has 0 radical (unpaired) electrons. The van der Waals surface area contributed by atoms with Crippen LogP contribution in [0.2, 0.25) is 5.02 Å². The van der Waals surface area contributed by atoms with Crippen LogP contribution in [0.1, 0.15) is 45.4 Å². The summed E-state index contributed by atoms with van der Waals surface area (Å²) < 4.78 is 6.01. The first-order valence-corrected chi connectivity index (χ1v) is 7.59. The van der Waals surface area contributed by atoms with Gasteiger partial charge in [-0.15, -0.1) is 0 Å². The van der Waals surface area contributed by atoms with Crippen molar-refractivity contribution in [3.8, 4) is 0 Å². The van der Waals surface area contributed by atoms with E-state index in [9.17, 15) is 4.79 Å². The monoisotopic (exact) mass is 295 g/mol. The summed E-state index contributed by atoms with van der Waals surface area (Å²) in [6, 6.07) is 7.56. The van der Waals surface area contributed by atoms with E-state index in [1.165, 1.54) is 0 Å². The van der Waals surface area contributed by atoms with E-state index in [0.717, 1.165) is 12.0 Å². The van der Waals surface area contributed by atoms with Crippen molar-refractivity contribution in [3.05, 3.63) is 34.9 Å². The molecule has 2 rings (SSSR count). The SMILES string of the molecule is CCC1CN(C(=O)CC(C)C)C(c2cccc(Cl)c2)O1. The first kappa shape index (κ1) is 15.3. The highest BCUT2D eigenvalue weighted by atomic mass is 35.5. The molecule has 3 nitrogen and oxygen atoms in total. The lowest BCUT2D eigenvalue weighted by Gasteiger charge is -2.24. The van der Waals surface area contributed by atoms with Crippen LogP contribution < -0.4 is 0 Å². The fraction of sp³-hybridized carbons (Fsp3) is 0.562. The fourth-order valence-electron chi connectivity index (χ4n) is 2.46. The molecule has 0 saturated carbocycles. The molecule has 0 aliphatic carbocycles. The maximum absolute atomic E-state index is 12.4. The first-order valence-electron chi connectivity index (χ1n) is 7.21. The molecule has 1 heterocycles. The van der Waals surface area contributed by atoms with Gasteiger partial charge in [-0.25, -0.2) is 0 Å². The molecule has 4 heteroatoms. The molecule has 1 amide bonds. The molecule has 2 unspecified atom stereocenters. The van der Waals surface area contributed by atoms with Gasteiger partial charge in [-0.05, 0) is 24.5 Å². The van der Waals surface area contributed by atoms with Crippen LogP contribution in [0.5, 0.6) is 0 Å². The zero-order chi connectivity index (χ0) is 14.7. The van der Waals surface area contributed by atoms with Crippen molar-refractivity contribution in [1.82, 2.24) is 4.90 Å². The van der Waals surface area contributed by atoms with Crippen molar-refractivity contribution >= 4 is 17.5 Å². The van der Waals surface area contributed by atoms with E-state index < -0.39 is 0 Å². The number of rotatable bonds is 4. The average molecular weight is 296 g/mol. The largest absolute Gasteiger partial charge is 0.349 e. The zero-order valence-electron chi connectivity index (χ0n) is 12.3. The maximum Gasteiger partial charge on any atom is 0.225 e. The molecule has 1 aliphatic heterocycles. The smallest absolute Gasteiger partial charge is 0.225 e. The van der Waals surface area contributed by atoms with Gasteiger partial charge in [0.05, 0.1) is 6.10 Å². The topological polar surface area (TPSA) is 29.5 Å². The summed E-state index contributed by atoms with van der Waals surface area (Å²) >= 11 is 6.05. The van der Waals surface area contributed by atoms with E-state index in [-0.39, 0.29) is 18.2 Å². The Labute approximate surface area is 125 Å². The van der Waals surface area contributed by atoms with Crippen molar-refractivity contribution < 1.29 is 9.53 Å². The van der Waals surface area contributed by atoms with E-state index in [4.69, 9.17) is 16.3 Å². The number of amides is 1. The number of carbonyl (C=O) groups excluding carboxylic acids is 1.